The van der Waals surface area contributed by atoms with Crippen LogP contribution >= 0.6 is 0 Å². The third-order valence-corrected chi connectivity index (χ3v) is 4.92. The van der Waals surface area contributed by atoms with E-state index in [4.69, 9.17) is 4.74 Å². The van der Waals surface area contributed by atoms with Crippen LogP contribution in [0, 0.1) is 11.6 Å². The third kappa shape index (κ3) is 3.92. The highest BCUT2D eigenvalue weighted by Crippen LogP contribution is 2.33. The van der Waals surface area contributed by atoms with E-state index in [1.54, 1.807) is 0 Å². The number of carbonyl (C=O) groups is 1. The second kappa shape index (κ2) is 7.57. The smallest absolute Gasteiger partial charge is 0.249 e. The Morgan fingerprint density at radius 1 is 1.21 bits per heavy atom. The molecular formula is C18H23F2NO3. The van der Waals surface area contributed by atoms with E-state index in [0.717, 1.165) is 37.8 Å². The second-order valence-electron chi connectivity index (χ2n) is 6.70. The fourth-order valence-corrected chi connectivity index (χ4v) is 3.63. The van der Waals surface area contributed by atoms with E-state index in [0.29, 0.717) is 12.0 Å². The number of hydrogen-bond acceptors (Lipinski definition) is 3. The number of amides is 1. The predicted octanol–water partition coefficient (Wildman–Crippen LogP) is 2.95. The van der Waals surface area contributed by atoms with Crippen LogP contribution in [-0.2, 0) is 9.53 Å². The predicted molar refractivity (Wildman–Crippen MR) is 84.3 cm³/mol. The van der Waals surface area contributed by atoms with Crippen molar-refractivity contribution in [3.63, 3.8) is 0 Å². The van der Waals surface area contributed by atoms with Gasteiger partial charge in [0.05, 0.1) is 18.2 Å². The first-order chi connectivity index (χ1) is 11.5. The lowest BCUT2D eigenvalue weighted by molar-refractivity contribution is -0.140. The SMILES string of the molecule is O=C(COC1CCCCC1)N1C[C@@H](O)C[C@@H]1c1ccc(F)c(F)c1. The molecule has 1 N–H and O–H groups in total. The molecule has 2 aliphatic rings. The maximum absolute atomic E-state index is 13.5. The maximum Gasteiger partial charge on any atom is 0.249 e. The van der Waals surface area contributed by atoms with Gasteiger partial charge in [0.2, 0.25) is 5.91 Å². The first-order valence-electron chi connectivity index (χ1n) is 8.58. The van der Waals surface area contributed by atoms with E-state index >= 15 is 0 Å². The lowest BCUT2D eigenvalue weighted by atomic mass is 9.98. The van der Waals surface area contributed by atoms with Gasteiger partial charge in [-0.2, -0.15) is 0 Å². The fraction of sp³-hybridized carbons (Fsp3) is 0.611. The monoisotopic (exact) mass is 339 g/mol. The van der Waals surface area contributed by atoms with E-state index < -0.39 is 23.8 Å². The molecule has 4 nitrogen and oxygen atoms in total. The second-order valence-corrected chi connectivity index (χ2v) is 6.70. The summed E-state index contributed by atoms with van der Waals surface area (Å²) < 4.78 is 32.3. The van der Waals surface area contributed by atoms with E-state index in [2.05, 4.69) is 0 Å². The summed E-state index contributed by atoms with van der Waals surface area (Å²) in [4.78, 5) is 14.0. The summed E-state index contributed by atoms with van der Waals surface area (Å²) in [5, 5.41) is 9.92. The van der Waals surface area contributed by atoms with Crippen LogP contribution in [0.25, 0.3) is 0 Å². The Morgan fingerprint density at radius 2 is 1.96 bits per heavy atom. The van der Waals surface area contributed by atoms with Crippen molar-refractivity contribution >= 4 is 5.91 Å². The van der Waals surface area contributed by atoms with Crippen LogP contribution in [0.3, 0.4) is 0 Å². The molecule has 2 fully saturated rings. The minimum atomic E-state index is -0.945. The van der Waals surface area contributed by atoms with Crippen LogP contribution in [0.4, 0.5) is 8.78 Å². The fourth-order valence-electron chi connectivity index (χ4n) is 3.63. The van der Waals surface area contributed by atoms with Gasteiger partial charge in [-0.3, -0.25) is 4.79 Å². The molecule has 3 rings (SSSR count). The standard InChI is InChI=1S/C18H23F2NO3/c19-15-7-6-12(8-16(15)20)17-9-13(22)10-21(17)18(23)11-24-14-4-2-1-3-5-14/h6-8,13-14,17,22H,1-5,9-11H2/t13-,17+/m0/s1. The van der Waals surface area contributed by atoms with E-state index in [-0.39, 0.29) is 25.2 Å². The van der Waals surface area contributed by atoms with Crippen molar-refractivity contribution in [3.8, 4) is 0 Å². The van der Waals surface area contributed by atoms with Gasteiger partial charge < -0.3 is 14.7 Å². The largest absolute Gasteiger partial charge is 0.391 e. The van der Waals surface area contributed by atoms with Gasteiger partial charge in [-0.25, -0.2) is 8.78 Å². The lowest BCUT2D eigenvalue weighted by Crippen LogP contribution is -2.36. The Morgan fingerprint density at radius 3 is 2.67 bits per heavy atom. The summed E-state index contributed by atoms with van der Waals surface area (Å²) in [6.07, 6.45) is 5.19. The van der Waals surface area contributed by atoms with Crippen LogP contribution in [0.5, 0.6) is 0 Å². The third-order valence-electron chi connectivity index (χ3n) is 4.92. The summed E-state index contributed by atoms with van der Waals surface area (Å²) in [6, 6.07) is 3.16. The molecule has 2 atom stereocenters. The molecule has 0 radical (unpaired) electrons. The summed E-state index contributed by atoms with van der Waals surface area (Å²) >= 11 is 0. The molecule has 0 unspecified atom stereocenters. The van der Waals surface area contributed by atoms with Gasteiger partial charge in [0, 0.05) is 6.54 Å². The van der Waals surface area contributed by atoms with Crippen LogP contribution in [0.2, 0.25) is 0 Å². The zero-order chi connectivity index (χ0) is 17.1. The quantitative estimate of drug-likeness (QED) is 0.918. The number of ether oxygens (including phenoxy) is 1. The van der Waals surface area contributed by atoms with Gasteiger partial charge in [0.25, 0.3) is 0 Å². The summed E-state index contributed by atoms with van der Waals surface area (Å²) in [7, 11) is 0. The molecule has 1 aliphatic heterocycles. The van der Waals surface area contributed by atoms with Crippen molar-refractivity contribution in [2.75, 3.05) is 13.2 Å². The van der Waals surface area contributed by atoms with Gasteiger partial charge >= 0.3 is 0 Å². The molecule has 132 valence electrons. The van der Waals surface area contributed by atoms with E-state index in [1.807, 2.05) is 0 Å². The molecule has 1 amide bonds. The number of carbonyl (C=O) groups excluding carboxylic acids is 1. The molecule has 6 heteroatoms. The number of halogens is 2. The number of aliphatic hydroxyl groups is 1. The van der Waals surface area contributed by atoms with Crippen molar-refractivity contribution in [1.82, 2.24) is 4.90 Å². The summed E-state index contributed by atoms with van der Waals surface area (Å²) in [5.74, 6) is -2.08. The van der Waals surface area contributed by atoms with Gasteiger partial charge in [-0.15, -0.1) is 0 Å². The number of nitrogens with zero attached hydrogens (tertiary/aromatic N) is 1. The number of likely N-dealkylation sites (tertiary alicyclic amines) is 1. The zero-order valence-electron chi connectivity index (χ0n) is 13.6. The maximum atomic E-state index is 13.5. The average Bonchev–Trinajstić information content (AvgIpc) is 2.98. The molecule has 1 heterocycles. The van der Waals surface area contributed by atoms with E-state index in [9.17, 15) is 18.7 Å². The van der Waals surface area contributed by atoms with Crippen LogP contribution in [0.1, 0.15) is 50.1 Å². The number of aliphatic hydroxyl groups excluding tert-OH is 1. The zero-order valence-corrected chi connectivity index (χ0v) is 13.6. The molecule has 0 aromatic heterocycles. The highest BCUT2D eigenvalue weighted by atomic mass is 19.2. The first-order valence-corrected chi connectivity index (χ1v) is 8.58. The highest BCUT2D eigenvalue weighted by molar-refractivity contribution is 5.78. The van der Waals surface area contributed by atoms with Crippen LogP contribution in [0.15, 0.2) is 18.2 Å². The topological polar surface area (TPSA) is 49.8 Å². The Balaban J connectivity index is 1.65. The van der Waals surface area contributed by atoms with Gasteiger partial charge in [-0.05, 0) is 37.0 Å². The van der Waals surface area contributed by atoms with Crippen LogP contribution in [-0.4, -0.2) is 41.3 Å². The highest BCUT2D eigenvalue weighted by Gasteiger charge is 2.35. The Kier molecular flexibility index (Phi) is 5.46. The summed E-state index contributed by atoms with van der Waals surface area (Å²) in [5.41, 5.74) is 0.497. The van der Waals surface area contributed by atoms with E-state index in [1.165, 1.54) is 17.4 Å². The number of rotatable bonds is 4. The Bertz CT molecular complexity index is 590. The molecule has 1 aromatic rings. The molecule has 1 aliphatic carbocycles. The van der Waals surface area contributed by atoms with Crippen molar-refractivity contribution in [3.05, 3.63) is 35.4 Å². The molecule has 1 saturated carbocycles. The number of hydrogen-bond donors (Lipinski definition) is 1. The Labute approximate surface area is 140 Å². The molecule has 0 spiro atoms. The number of benzene rings is 1. The van der Waals surface area contributed by atoms with Gasteiger partial charge in [0.1, 0.15) is 6.61 Å². The minimum Gasteiger partial charge on any atom is -0.391 e. The number of β-amino-alcohol motifs (C(OH)–C–C–N with tert-alkyl or cyclic N) is 1. The first kappa shape index (κ1) is 17.3. The van der Waals surface area contributed by atoms with Crippen molar-refractivity contribution in [2.24, 2.45) is 0 Å². The molecule has 0 bridgehead atoms. The lowest BCUT2D eigenvalue weighted by Gasteiger charge is -2.27. The van der Waals surface area contributed by atoms with Gasteiger partial charge in [0.15, 0.2) is 11.6 Å². The Hall–Kier alpha value is -1.53. The molecule has 24 heavy (non-hydrogen) atoms. The normalized spacial score (nSPS) is 25.2. The van der Waals surface area contributed by atoms with Crippen LogP contribution < -0.4 is 0 Å². The molecule has 1 aromatic carbocycles. The summed E-state index contributed by atoms with van der Waals surface area (Å²) in [6.45, 7) is 0.161. The van der Waals surface area contributed by atoms with Crippen molar-refractivity contribution < 1.29 is 23.4 Å². The molecule has 1 saturated heterocycles. The molecular weight excluding hydrogens is 316 g/mol. The van der Waals surface area contributed by atoms with Crippen molar-refractivity contribution in [2.45, 2.75) is 56.8 Å². The van der Waals surface area contributed by atoms with Gasteiger partial charge in [-0.1, -0.05) is 25.3 Å². The van der Waals surface area contributed by atoms with Crippen molar-refractivity contribution in [1.29, 1.82) is 0 Å². The average molecular weight is 339 g/mol. The minimum absolute atomic E-state index is 0.0302.